The van der Waals surface area contributed by atoms with E-state index in [2.05, 4.69) is 35.9 Å². The van der Waals surface area contributed by atoms with Gasteiger partial charge < -0.3 is 9.64 Å². The van der Waals surface area contributed by atoms with Crippen molar-refractivity contribution in [3.8, 4) is 0 Å². The van der Waals surface area contributed by atoms with Crippen molar-refractivity contribution < 1.29 is 4.74 Å². The van der Waals surface area contributed by atoms with E-state index in [-0.39, 0.29) is 0 Å². The Balaban J connectivity index is 2.06. The van der Waals surface area contributed by atoms with Crippen LogP contribution in [0.4, 0.5) is 5.82 Å². The fourth-order valence-electron chi connectivity index (χ4n) is 1.74. The Labute approximate surface area is 91.1 Å². The number of nitrogens with zero attached hydrogens (tertiary/aromatic N) is 2. The third kappa shape index (κ3) is 2.12. The Hall–Kier alpha value is -1.09. The van der Waals surface area contributed by atoms with Gasteiger partial charge in [0.2, 0.25) is 0 Å². The Morgan fingerprint density at radius 2 is 2.20 bits per heavy atom. The first-order valence-electron chi connectivity index (χ1n) is 5.44. The molecule has 0 atom stereocenters. The molecule has 3 nitrogen and oxygen atoms in total. The molecule has 0 spiro atoms. The second-order valence-electron chi connectivity index (χ2n) is 4.36. The topological polar surface area (TPSA) is 25.4 Å². The molecule has 15 heavy (non-hydrogen) atoms. The molecule has 0 amide bonds. The second kappa shape index (κ2) is 4.19. The molecule has 0 saturated carbocycles. The lowest BCUT2D eigenvalue weighted by atomic mass is 10.0. The van der Waals surface area contributed by atoms with E-state index in [4.69, 9.17) is 4.74 Å². The van der Waals surface area contributed by atoms with Gasteiger partial charge in [-0.15, -0.1) is 0 Å². The first-order chi connectivity index (χ1) is 7.20. The number of methoxy groups -OCH3 is 1. The van der Waals surface area contributed by atoms with Crippen LogP contribution in [0.15, 0.2) is 18.3 Å². The van der Waals surface area contributed by atoms with Crippen LogP contribution in [0.2, 0.25) is 0 Å². The monoisotopic (exact) mass is 206 g/mol. The summed E-state index contributed by atoms with van der Waals surface area (Å²) in [6, 6.07) is 4.26. The van der Waals surface area contributed by atoms with Crippen LogP contribution in [0.1, 0.15) is 25.3 Å². The van der Waals surface area contributed by atoms with Crippen molar-refractivity contribution in [3.63, 3.8) is 0 Å². The molecule has 82 valence electrons. The number of hydrogen-bond donors (Lipinski definition) is 0. The standard InChI is InChI=1S/C12H18N2O/c1-9(2)10-4-5-13-12(6-10)14-7-11(8-14)15-3/h4-6,9,11H,7-8H2,1-3H3. The predicted octanol–water partition coefficient (Wildman–Crippen LogP) is 2.04. The molecule has 1 aliphatic rings. The maximum Gasteiger partial charge on any atom is 0.128 e. The first-order valence-corrected chi connectivity index (χ1v) is 5.44. The molecule has 2 heterocycles. The summed E-state index contributed by atoms with van der Waals surface area (Å²) in [6.45, 7) is 6.33. The summed E-state index contributed by atoms with van der Waals surface area (Å²) in [7, 11) is 1.76. The van der Waals surface area contributed by atoms with Gasteiger partial charge in [0.15, 0.2) is 0 Å². The lowest BCUT2D eigenvalue weighted by Crippen LogP contribution is -2.52. The molecule has 0 unspecified atom stereocenters. The van der Waals surface area contributed by atoms with E-state index in [0.717, 1.165) is 18.9 Å². The number of aromatic nitrogens is 1. The van der Waals surface area contributed by atoms with E-state index in [1.807, 2.05) is 6.20 Å². The van der Waals surface area contributed by atoms with Crippen LogP contribution >= 0.6 is 0 Å². The lowest BCUT2D eigenvalue weighted by Gasteiger charge is -2.39. The van der Waals surface area contributed by atoms with Crippen LogP contribution in [-0.4, -0.2) is 31.3 Å². The number of ether oxygens (including phenoxy) is 1. The molecule has 1 aliphatic heterocycles. The highest BCUT2D eigenvalue weighted by atomic mass is 16.5. The summed E-state index contributed by atoms with van der Waals surface area (Å²) < 4.78 is 5.25. The van der Waals surface area contributed by atoms with Gasteiger partial charge in [0, 0.05) is 26.4 Å². The summed E-state index contributed by atoms with van der Waals surface area (Å²) in [5.74, 6) is 1.64. The number of pyridine rings is 1. The smallest absolute Gasteiger partial charge is 0.128 e. The second-order valence-corrected chi connectivity index (χ2v) is 4.36. The average Bonchev–Trinajstić information content (AvgIpc) is 2.16. The molecule has 0 aliphatic carbocycles. The van der Waals surface area contributed by atoms with Crippen LogP contribution in [0.5, 0.6) is 0 Å². The SMILES string of the molecule is COC1CN(c2cc(C(C)C)ccn2)C1. The third-order valence-corrected chi connectivity index (χ3v) is 2.94. The summed E-state index contributed by atoms with van der Waals surface area (Å²) in [5.41, 5.74) is 1.35. The van der Waals surface area contributed by atoms with E-state index < -0.39 is 0 Å². The van der Waals surface area contributed by atoms with Gasteiger partial charge in [0.05, 0.1) is 6.10 Å². The van der Waals surface area contributed by atoms with E-state index >= 15 is 0 Å². The zero-order valence-electron chi connectivity index (χ0n) is 9.60. The molecule has 0 bridgehead atoms. The fourth-order valence-corrected chi connectivity index (χ4v) is 1.74. The zero-order chi connectivity index (χ0) is 10.8. The van der Waals surface area contributed by atoms with Crippen LogP contribution in [0.25, 0.3) is 0 Å². The van der Waals surface area contributed by atoms with Gasteiger partial charge in [-0.3, -0.25) is 0 Å². The first kappa shape index (κ1) is 10.4. The number of hydrogen-bond acceptors (Lipinski definition) is 3. The van der Waals surface area contributed by atoms with Crippen LogP contribution in [-0.2, 0) is 4.74 Å². The molecule has 1 aromatic rings. The van der Waals surface area contributed by atoms with Crippen molar-refractivity contribution >= 4 is 5.82 Å². The molecule has 1 saturated heterocycles. The lowest BCUT2D eigenvalue weighted by molar-refractivity contribution is 0.0783. The van der Waals surface area contributed by atoms with E-state index in [0.29, 0.717) is 12.0 Å². The highest BCUT2D eigenvalue weighted by Gasteiger charge is 2.27. The zero-order valence-corrected chi connectivity index (χ0v) is 9.60. The van der Waals surface area contributed by atoms with E-state index in [1.54, 1.807) is 7.11 Å². The summed E-state index contributed by atoms with van der Waals surface area (Å²) >= 11 is 0. The Morgan fingerprint density at radius 1 is 1.47 bits per heavy atom. The highest BCUT2D eigenvalue weighted by molar-refractivity contribution is 5.44. The van der Waals surface area contributed by atoms with Crippen LogP contribution in [0.3, 0.4) is 0 Å². The molecule has 0 aromatic carbocycles. The van der Waals surface area contributed by atoms with Crippen molar-refractivity contribution in [1.82, 2.24) is 4.98 Å². The molecule has 2 rings (SSSR count). The molecule has 0 N–H and O–H groups in total. The minimum Gasteiger partial charge on any atom is -0.378 e. The molecule has 3 heteroatoms. The third-order valence-electron chi connectivity index (χ3n) is 2.94. The fraction of sp³-hybridized carbons (Fsp3) is 0.583. The van der Waals surface area contributed by atoms with Crippen molar-refractivity contribution in [3.05, 3.63) is 23.9 Å². The molecule has 0 radical (unpaired) electrons. The predicted molar refractivity (Wildman–Crippen MR) is 61.3 cm³/mol. The summed E-state index contributed by atoms with van der Waals surface area (Å²) in [4.78, 5) is 6.63. The Morgan fingerprint density at radius 3 is 2.80 bits per heavy atom. The van der Waals surface area contributed by atoms with Crippen molar-refractivity contribution in [2.24, 2.45) is 0 Å². The minimum atomic E-state index is 0.384. The van der Waals surface area contributed by atoms with Crippen LogP contribution in [0, 0.1) is 0 Å². The van der Waals surface area contributed by atoms with E-state index in [1.165, 1.54) is 5.56 Å². The molecular weight excluding hydrogens is 188 g/mol. The number of anilines is 1. The summed E-state index contributed by atoms with van der Waals surface area (Å²) in [5, 5.41) is 0. The Bertz CT molecular complexity index is 332. The molecule has 1 fully saturated rings. The van der Waals surface area contributed by atoms with Gasteiger partial charge in [-0.2, -0.15) is 0 Å². The van der Waals surface area contributed by atoms with Gasteiger partial charge >= 0.3 is 0 Å². The minimum absolute atomic E-state index is 0.384. The van der Waals surface area contributed by atoms with Crippen LogP contribution < -0.4 is 4.90 Å². The normalized spacial score (nSPS) is 16.9. The van der Waals surface area contributed by atoms with Gasteiger partial charge in [0.1, 0.15) is 5.82 Å². The van der Waals surface area contributed by atoms with E-state index in [9.17, 15) is 0 Å². The van der Waals surface area contributed by atoms with Crippen molar-refractivity contribution in [2.45, 2.75) is 25.9 Å². The maximum atomic E-state index is 5.25. The maximum absolute atomic E-state index is 5.25. The van der Waals surface area contributed by atoms with Gasteiger partial charge in [-0.25, -0.2) is 4.98 Å². The average molecular weight is 206 g/mol. The Kier molecular flexibility index (Phi) is 2.91. The quantitative estimate of drug-likeness (QED) is 0.756. The van der Waals surface area contributed by atoms with Gasteiger partial charge in [0.25, 0.3) is 0 Å². The van der Waals surface area contributed by atoms with Crippen molar-refractivity contribution in [2.75, 3.05) is 25.1 Å². The molecular formula is C12H18N2O. The number of rotatable bonds is 3. The van der Waals surface area contributed by atoms with Gasteiger partial charge in [-0.1, -0.05) is 13.8 Å². The van der Waals surface area contributed by atoms with Crippen molar-refractivity contribution in [1.29, 1.82) is 0 Å². The summed E-state index contributed by atoms with van der Waals surface area (Å²) in [6.07, 6.45) is 2.28. The highest BCUT2D eigenvalue weighted by Crippen LogP contribution is 2.23. The molecule has 1 aromatic heterocycles. The van der Waals surface area contributed by atoms with Gasteiger partial charge in [-0.05, 0) is 23.6 Å². The largest absolute Gasteiger partial charge is 0.378 e.